The number of phenols is 1. The molecule has 0 spiro atoms. The quantitative estimate of drug-likeness (QED) is 0.233. The molecule has 0 saturated carbocycles. The molecule has 0 aliphatic carbocycles. The van der Waals surface area contributed by atoms with E-state index in [1.165, 1.54) is 0 Å². The SMILES string of the molecule is Nc1cc(N)c(OS(=O)(=O)O)cc1O. The summed E-state index contributed by atoms with van der Waals surface area (Å²) in [5, 5.41) is 9.08. The Morgan fingerprint density at radius 1 is 1.21 bits per heavy atom. The number of benzene rings is 1. The van der Waals surface area contributed by atoms with Gasteiger partial charge in [0, 0.05) is 6.07 Å². The average molecular weight is 220 g/mol. The lowest BCUT2D eigenvalue weighted by Crippen LogP contribution is -2.08. The van der Waals surface area contributed by atoms with Crippen molar-refractivity contribution in [1.29, 1.82) is 0 Å². The van der Waals surface area contributed by atoms with E-state index in [1.807, 2.05) is 0 Å². The molecule has 0 unspecified atom stereocenters. The molecule has 0 bridgehead atoms. The Morgan fingerprint density at radius 2 is 1.79 bits per heavy atom. The summed E-state index contributed by atoms with van der Waals surface area (Å²) < 4.78 is 33.0. The molecule has 0 radical (unpaired) electrons. The van der Waals surface area contributed by atoms with Crippen LogP contribution in [-0.2, 0) is 10.4 Å². The van der Waals surface area contributed by atoms with E-state index >= 15 is 0 Å². The van der Waals surface area contributed by atoms with Crippen molar-refractivity contribution in [2.75, 3.05) is 11.5 Å². The summed E-state index contributed by atoms with van der Waals surface area (Å²) >= 11 is 0. The van der Waals surface area contributed by atoms with Gasteiger partial charge in [-0.2, -0.15) is 8.42 Å². The van der Waals surface area contributed by atoms with Gasteiger partial charge in [0.05, 0.1) is 11.4 Å². The number of hydrogen-bond acceptors (Lipinski definition) is 6. The van der Waals surface area contributed by atoms with Gasteiger partial charge in [0.25, 0.3) is 0 Å². The van der Waals surface area contributed by atoms with E-state index in [0.29, 0.717) is 0 Å². The molecule has 0 aliphatic rings. The predicted molar refractivity (Wildman–Crippen MR) is 49.1 cm³/mol. The summed E-state index contributed by atoms with van der Waals surface area (Å²) in [6.07, 6.45) is 0. The molecule has 1 rings (SSSR count). The molecule has 6 N–H and O–H groups in total. The normalized spacial score (nSPS) is 11.2. The maximum absolute atomic E-state index is 10.3. The monoisotopic (exact) mass is 220 g/mol. The van der Waals surface area contributed by atoms with Gasteiger partial charge in [-0.3, -0.25) is 4.55 Å². The van der Waals surface area contributed by atoms with Crippen molar-refractivity contribution in [3.63, 3.8) is 0 Å². The molecule has 0 amide bonds. The van der Waals surface area contributed by atoms with Crippen LogP contribution in [0.2, 0.25) is 0 Å². The highest BCUT2D eigenvalue weighted by atomic mass is 32.3. The minimum atomic E-state index is -4.66. The first-order valence-corrected chi connectivity index (χ1v) is 4.71. The van der Waals surface area contributed by atoms with Gasteiger partial charge in [-0.15, -0.1) is 0 Å². The molecule has 0 heterocycles. The zero-order valence-corrected chi connectivity index (χ0v) is 7.65. The van der Waals surface area contributed by atoms with Crippen molar-refractivity contribution < 1.29 is 22.3 Å². The fourth-order valence-corrected chi connectivity index (χ4v) is 1.16. The first-order chi connectivity index (χ1) is 6.29. The molecule has 14 heavy (non-hydrogen) atoms. The molecular weight excluding hydrogens is 212 g/mol. The lowest BCUT2D eigenvalue weighted by molar-refractivity contribution is 0.386. The fraction of sp³-hybridized carbons (Fsp3) is 0. The Kier molecular flexibility index (Phi) is 2.41. The third-order valence-electron chi connectivity index (χ3n) is 1.35. The average Bonchev–Trinajstić information content (AvgIpc) is 1.97. The minimum Gasteiger partial charge on any atom is -0.506 e. The second kappa shape index (κ2) is 3.24. The first kappa shape index (κ1) is 10.4. The largest absolute Gasteiger partial charge is 0.506 e. The van der Waals surface area contributed by atoms with E-state index < -0.39 is 16.1 Å². The van der Waals surface area contributed by atoms with Gasteiger partial charge >= 0.3 is 10.4 Å². The van der Waals surface area contributed by atoms with Crippen LogP contribution in [0.15, 0.2) is 12.1 Å². The molecule has 1 aromatic carbocycles. The zero-order chi connectivity index (χ0) is 10.9. The van der Waals surface area contributed by atoms with E-state index in [2.05, 4.69) is 4.18 Å². The van der Waals surface area contributed by atoms with E-state index in [0.717, 1.165) is 12.1 Å². The van der Waals surface area contributed by atoms with Crippen molar-refractivity contribution in [1.82, 2.24) is 0 Å². The van der Waals surface area contributed by atoms with E-state index in [1.54, 1.807) is 0 Å². The van der Waals surface area contributed by atoms with Crippen molar-refractivity contribution in [2.24, 2.45) is 0 Å². The van der Waals surface area contributed by atoms with E-state index in [-0.39, 0.29) is 17.1 Å². The minimum absolute atomic E-state index is 0.0230. The van der Waals surface area contributed by atoms with Crippen LogP contribution in [0.25, 0.3) is 0 Å². The van der Waals surface area contributed by atoms with Crippen molar-refractivity contribution >= 4 is 21.8 Å². The summed E-state index contributed by atoms with van der Waals surface area (Å²) in [6.45, 7) is 0. The molecule has 0 saturated heterocycles. The highest BCUT2D eigenvalue weighted by Gasteiger charge is 2.12. The van der Waals surface area contributed by atoms with Gasteiger partial charge in [0.2, 0.25) is 0 Å². The molecular formula is C6H8N2O5S. The Hall–Kier alpha value is -1.67. The van der Waals surface area contributed by atoms with Crippen LogP contribution in [0.5, 0.6) is 11.5 Å². The summed E-state index contributed by atoms with van der Waals surface area (Å²) in [7, 11) is -4.66. The summed E-state index contributed by atoms with van der Waals surface area (Å²) in [5.41, 5.74) is 10.4. The van der Waals surface area contributed by atoms with E-state index in [4.69, 9.17) is 21.1 Å². The maximum atomic E-state index is 10.3. The molecule has 1 aromatic rings. The third-order valence-corrected chi connectivity index (χ3v) is 1.74. The van der Waals surface area contributed by atoms with E-state index in [9.17, 15) is 8.42 Å². The third kappa shape index (κ3) is 2.41. The number of aromatic hydroxyl groups is 1. The van der Waals surface area contributed by atoms with Gasteiger partial charge in [0.15, 0.2) is 5.75 Å². The van der Waals surface area contributed by atoms with Crippen LogP contribution in [0, 0.1) is 0 Å². The predicted octanol–water partition coefficient (Wildman–Crippen LogP) is -0.262. The van der Waals surface area contributed by atoms with Crippen LogP contribution in [-0.4, -0.2) is 18.1 Å². The fourth-order valence-electron chi connectivity index (χ4n) is 0.789. The smallest absolute Gasteiger partial charge is 0.446 e. The van der Waals surface area contributed by atoms with Crippen molar-refractivity contribution in [2.45, 2.75) is 0 Å². The van der Waals surface area contributed by atoms with Gasteiger partial charge in [-0.05, 0) is 6.07 Å². The van der Waals surface area contributed by atoms with Crippen LogP contribution in [0.3, 0.4) is 0 Å². The van der Waals surface area contributed by atoms with Crippen LogP contribution in [0.1, 0.15) is 0 Å². The highest BCUT2D eigenvalue weighted by molar-refractivity contribution is 7.81. The van der Waals surface area contributed by atoms with Gasteiger partial charge < -0.3 is 20.8 Å². The Bertz CT molecular complexity index is 456. The summed E-state index contributed by atoms with van der Waals surface area (Å²) in [5.74, 6) is -0.781. The first-order valence-electron chi connectivity index (χ1n) is 3.34. The molecule has 7 nitrogen and oxygen atoms in total. The molecule has 0 atom stereocenters. The highest BCUT2D eigenvalue weighted by Crippen LogP contribution is 2.32. The number of rotatable bonds is 2. The van der Waals surface area contributed by atoms with Crippen molar-refractivity contribution in [3.8, 4) is 11.5 Å². The second-order valence-corrected chi connectivity index (χ2v) is 3.48. The van der Waals surface area contributed by atoms with Crippen LogP contribution < -0.4 is 15.7 Å². The van der Waals surface area contributed by atoms with Gasteiger partial charge in [-0.1, -0.05) is 0 Å². The number of hydrogen-bond donors (Lipinski definition) is 4. The molecule has 0 aliphatic heterocycles. The topological polar surface area (TPSA) is 136 Å². The summed E-state index contributed by atoms with van der Waals surface area (Å²) in [6, 6.07) is 1.99. The number of nitrogen functional groups attached to an aromatic ring is 2. The lowest BCUT2D eigenvalue weighted by atomic mass is 10.2. The number of anilines is 2. The number of phenolic OH excluding ortho intramolecular Hbond substituents is 1. The Balaban J connectivity index is 3.17. The number of nitrogens with two attached hydrogens (primary N) is 2. The Labute approximate surface area is 79.9 Å². The van der Waals surface area contributed by atoms with Crippen molar-refractivity contribution in [3.05, 3.63) is 12.1 Å². The van der Waals surface area contributed by atoms with Crippen LogP contribution in [0.4, 0.5) is 11.4 Å². The molecule has 78 valence electrons. The van der Waals surface area contributed by atoms with Crippen LogP contribution >= 0.6 is 0 Å². The summed E-state index contributed by atoms with van der Waals surface area (Å²) in [4.78, 5) is 0. The molecule has 0 aromatic heterocycles. The zero-order valence-electron chi connectivity index (χ0n) is 6.84. The van der Waals surface area contributed by atoms with Gasteiger partial charge in [-0.25, -0.2) is 0 Å². The lowest BCUT2D eigenvalue weighted by Gasteiger charge is -2.06. The molecule has 0 fully saturated rings. The maximum Gasteiger partial charge on any atom is 0.446 e. The second-order valence-electron chi connectivity index (χ2n) is 2.46. The molecule has 8 heteroatoms. The standard InChI is InChI=1S/C6H8N2O5S/c7-3-1-4(8)6(2-5(3)9)13-14(10,11)12/h1-2,9H,7-8H2,(H,10,11,12). The van der Waals surface area contributed by atoms with Gasteiger partial charge in [0.1, 0.15) is 5.75 Å². The Morgan fingerprint density at radius 3 is 2.29 bits per heavy atom.